The second-order valence-corrected chi connectivity index (χ2v) is 16.7. The van der Waals surface area contributed by atoms with E-state index in [9.17, 15) is 0 Å². The number of hydrogen-bond donors (Lipinski definition) is 0. The van der Waals surface area contributed by atoms with Crippen molar-refractivity contribution >= 4 is 25.2 Å². The molecule has 0 spiro atoms. The molecule has 0 aliphatic rings. The van der Waals surface area contributed by atoms with Crippen molar-refractivity contribution in [3.63, 3.8) is 0 Å². The summed E-state index contributed by atoms with van der Waals surface area (Å²) in [6.07, 6.45) is 19.0. The molecule has 2 aromatic carbocycles. The van der Waals surface area contributed by atoms with E-state index >= 15 is 0 Å². The van der Waals surface area contributed by atoms with E-state index in [-0.39, 0.29) is 7.61 Å². The highest BCUT2D eigenvalue weighted by molar-refractivity contribution is 8.44. The molecule has 0 radical (unpaired) electrons. The van der Waals surface area contributed by atoms with Gasteiger partial charge in [-0.05, 0) is 18.6 Å². The molecule has 0 N–H and O–H groups in total. The van der Waals surface area contributed by atoms with Crippen molar-refractivity contribution in [3.05, 3.63) is 86.0 Å². The van der Waals surface area contributed by atoms with E-state index in [1.54, 1.807) is 10.6 Å². The number of hydrogen-bond acceptors (Lipinski definition) is 0. The molecule has 0 aliphatic heterocycles. The first-order chi connectivity index (χ1) is 14.8. The topological polar surface area (TPSA) is 0 Å². The van der Waals surface area contributed by atoms with Crippen LogP contribution in [0.15, 0.2) is 86.0 Å². The van der Waals surface area contributed by atoms with Crippen LogP contribution in [-0.2, 0) is 0 Å². The molecule has 0 fully saturated rings. The summed E-state index contributed by atoms with van der Waals surface area (Å²) >= 11 is 0. The highest BCUT2D eigenvalue weighted by Gasteiger charge is 2.46. The average Bonchev–Trinajstić information content (AvgIpc) is 2.79. The molecule has 2 heteroatoms. The van der Waals surface area contributed by atoms with Crippen molar-refractivity contribution in [2.75, 3.05) is 18.5 Å². The van der Waals surface area contributed by atoms with Crippen molar-refractivity contribution < 1.29 is 0 Å². The summed E-state index contributed by atoms with van der Waals surface area (Å²) in [4.78, 5) is 0. The molecule has 0 aliphatic carbocycles. The molecule has 0 saturated carbocycles. The van der Waals surface area contributed by atoms with Gasteiger partial charge in [0.25, 0.3) is 0 Å². The largest absolute Gasteiger partial charge is 0.0995 e. The molecular weight excluding hydrogens is 398 g/mol. The first-order valence-corrected chi connectivity index (χ1v) is 16.1. The number of benzene rings is 2. The molecule has 0 saturated heterocycles. The Hall–Kier alpha value is -1.22. The van der Waals surface area contributed by atoms with Gasteiger partial charge < -0.3 is 0 Å². The van der Waals surface area contributed by atoms with Crippen molar-refractivity contribution in [2.24, 2.45) is 0 Å². The van der Waals surface area contributed by atoms with Crippen LogP contribution >= 0.6 is 14.6 Å². The van der Waals surface area contributed by atoms with E-state index in [0.29, 0.717) is 0 Å². The van der Waals surface area contributed by atoms with Gasteiger partial charge >= 0.3 is 0 Å². The van der Waals surface area contributed by atoms with Gasteiger partial charge in [-0.3, -0.25) is 0 Å². The van der Waals surface area contributed by atoms with Crippen LogP contribution in [0.2, 0.25) is 0 Å². The molecule has 0 nitrogen and oxygen atoms in total. The van der Waals surface area contributed by atoms with Crippen LogP contribution in [0, 0.1) is 0 Å². The number of allylic oxidation sites excluding steroid dienone is 2. The van der Waals surface area contributed by atoms with E-state index in [0.717, 1.165) is 12.3 Å². The van der Waals surface area contributed by atoms with Crippen molar-refractivity contribution in [3.8, 4) is 0 Å². The van der Waals surface area contributed by atoms with E-state index in [2.05, 4.69) is 92.9 Å². The first-order valence-electron chi connectivity index (χ1n) is 11.8. The molecule has 0 aromatic heterocycles. The maximum absolute atomic E-state index is 4.18. The third-order valence-corrected chi connectivity index (χ3v) is 17.1. The molecular formula is C28H41P2+. The third-order valence-electron chi connectivity index (χ3n) is 5.84. The summed E-state index contributed by atoms with van der Waals surface area (Å²) < 4.78 is 0. The Bertz CT molecular complexity index is 698. The van der Waals surface area contributed by atoms with Gasteiger partial charge in [-0.25, -0.2) is 0 Å². The highest BCUT2D eigenvalue weighted by atomic mass is 32.1. The fourth-order valence-electron chi connectivity index (χ4n) is 4.29. The SMILES string of the molecule is C=CC[P+](CC=C)(c1ccccc1)P(CCCCCCCCCC)c1ccccc1. The summed E-state index contributed by atoms with van der Waals surface area (Å²) in [6.45, 7) is 9.23. The van der Waals surface area contributed by atoms with Gasteiger partial charge in [0.05, 0.1) is 32.2 Å². The molecule has 1 atom stereocenters. The van der Waals surface area contributed by atoms with E-state index < -0.39 is 6.95 Å². The Morgan fingerprint density at radius 2 is 1.20 bits per heavy atom. The summed E-state index contributed by atoms with van der Waals surface area (Å²) in [5.74, 6) is 0. The molecule has 1 unspecified atom stereocenters. The highest BCUT2D eigenvalue weighted by Crippen LogP contribution is 2.82. The second-order valence-electron chi connectivity index (χ2n) is 8.13. The van der Waals surface area contributed by atoms with Gasteiger partial charge in [0, 0.05) is 11.5 Å². The van der Waals surface area contributed by atoms with Crippen LogP contribution in [0.4, 0.5) is 0 Å². The maximum atomic E-state index is 4.18. The van der Waals surface area contributed by atoms with Crippen LogP contribution in [0.5, 0.6) is 0 Å². The van der Waals surface area contributed by atoms with Gasteiger partial charge in [-0.15, -0.1) is 0 Å². The van der Waals surface area contributed by atoms with E-state index in [1.807, 2.05) is 0 Å². The van der Waals surface area contributed by atoms with E-state index in [1.165, 1.54) is 57.5 Å². The summed E-state index contributed by atoms with van der Waals surface area (Å²) in [6, 6.07) is 22.6. The average molecular weight is 440 g/mol. The van der Waals surface area contributed by atoms with Crippen LogP contribution in [0.3, 0.4) is 0 Å². The molecule has 30 heavy (non-hydrogen) atoms. The van der Waals surface area contributed by atoms with Gasteiger partial charge in [0.1, 0.15) is 0 Å². The minimum Gasteiger partial charge on any atom is -0.0995 e. The molecule has 2 rings (SSSR count). The zero-order valence-corrected chi connectivity index (χ0v) is 20.8. The van der Waals surface area contributed by atoms with Crippen molar-refractivity contribution in [2.45, 2.75) is 58.3 Å². The summed E-state index contributed by atoms with van der Waals surface area (Å²) in [5.41, 5.74) is 0. The molecule has 162 valence electrons. The lowest BCUT2D eigenvalue weighted by atomic mass is 10.1. The predicted octanol–water partition coefficient (Wildman–Crippen LogP) is 8.56. The van der Waals surface area contributed by atoms with Crippen LogP contribution in [0.1, 0.15) is 58.3 Å². The lowest BCUT2D eigenvalue weighted by Crippen LogP contribution is -2.20. The van der Waals surface area contributed by atoms with E-state index in [4.69, 9.17) is 0 Å². The fraction of sp³-hybridized carbons (Fsp3) is 0.429. The second kappa shape index (κ2) is 14.7. The van der Waals surface area contributed by atoms with Gasteiger partial charge in [0.2, 0.25) is 0 Å². The van der Waals surface area contributed by atoms with Crippen LogP contribution in [0.25, 0.3) is 0 Å². The maximum Gasteiger partial charge on any atom is 0.0973 e. The van der Waals surface area contributed by atoms with Gasteiger partial charge in [0.15, 0.2) is 0 Å². The Morgan fingerprint density at radius 1 is 0.700 bits per heavy atom. The molecule has 0 heterocycles. The van der Waals surface area contributed by atoms with Crippen molar-refractivity contribution in [1.29, 1.82) is 0 Å². The van der Waals surface area contributed by atoms with Crippen LogP contribution in [-0.4, -0.2) is 18.5 Å². The normalized spacial score (nSPS) is 12.4. The Kier molecular flexibility index (Phi) is 12.3. The number of rotatable bonds is 16. The summed E-state index contributed by atoms with van der Waals surface area (Å²) in [7, 11) is -0.253. The minimum absolute atomic E-state index is 0.253. The van der Waals surface area contributed by atoms with Gasteiger partial charge in [-0.1, -0.05) is 126 Å². The number of unbranched alkanes of at least 4 members (excludes halogenated alkanes) is 7. The van der Waals surface area contributed by atoms with Crippen molar-refractivity contribution in [1.82, 2.24) is 0 Å². The fourth-order valence-corrected chi connectivity index (χ4v) is 15.7. The lowest BCUT2D eigenvalue weighted by molar-refractivity contribution is 0.586. The first kappa shape index (κ1) is 25.0. The third kappa shape index (κ3) is 7.48. The molecule has 2 aromatic rings. The Morgan fingerprint density at radius 3 is 1.73 bits per heavy atom. The zero-order valence-electron chi connectivity index (χ0n) is 19.0. The zero-order chi connectivity index (χ0) is 21.5. The van der Waals surface area contributed by atoms with Gasteiger partial charge in [-0.2, -0.15) is 0 Å². The van der Waals surface area contributed by atoms with Crippen LogP contribution < -0.4 is 10.6 Å². The molecule has 0 amide bonds. The monoisotopic (exact) mass is 439 g/mol. The lowest BCUT2D eigenvalue weighted by Gasteiger charge is -2.33. The predicted molar refractivity (Wildman–Crippen MR) is 144 cm³/mol. The standard InChI is InChI=1S/C28H41P2/c1-4-7-8-9-10-11-12-19-24-29(27-20-15-13-16-21-27)30(25-5-2,26-6-3)28-22-17-14-18-23-28/h5-6,13-18,20-23H,2-4,7-12,19,24-26H2,1H3/q+1. The summed E-state index contributed by atoms with van der Waals surface area (Å²) in [5, 5.41) is 3.12. The smallest absolute Gasteiger partial charge is 0.0973 e. The Labute approximate surface area is 187 Å². The minimum atomic E-state index is -1.42. The molecule has 0 bridgehead atoms. The quantitative estimate of drug-likeness (QED) is 0.140. The Balaban J connectivity index is 2.20.